The van der Waals surface area contributed by atoms with Crippen molar-refractivity contribution in [2.75, 3.05) is 13.7 Å². The molecule has 1 aromatic carbocycles. The zero-order chi connectivity index (χ0) is 18.2. The molecule has 0 aliphatic carbocycles. The number of carbonyl (C=O) groups is 1. The second-order valence-electron chi connectivity index (χ2n) is 5.98. The minimum Gasteiger partial charge on any atom is -0.493 e. The number of aryl methyl sites for hydroxylation is 1. The number of nitrogens with one attached hydrogen (secondary N) is 2. The van der Waals surface area contributed by atoms with E-state index in [1.54, 1.807) is 13.2 Å². The van der Waals surface area contributed by atoms with Gasteiger partial charge in [0.25, 0.3) is 5.91 Å². The fourth-order valence-corrected chi connectivity index (χ4v) is 2.51. The van der Waals surface area contributed by atoms with E-state index in [0.717, 1.165) is 30.5 Å². The first kappa shape index (κ1) is 18.8. The number of aromatic nitrogens is 2. The van der Waals surface area contributed by atoms with Gasteiger partial charge in [0, 0.05) is 5.69 Å². The maximum Gasteiger partial charge on any atom is 0.272 e. The highest BCUT2D eigenvalue weighted by Gasteiger charge is 2.16. The van der Waals surface area contributed by atoms with E-state index in [0.29, 0.717) is 23.8 Å². The minimum absolute atomic E-state index is 0.173. The number of carbonyl (C=O) groups excluding carboxylic acids is 1. The van der Waals surface area contributed by atoms with E-state index in [1.165, 1.54) is 0 Å². The number of methoxy groups -OCH3 is 1. The molecule has 0 bridgehead atoms. The van der Waals surface area contributed by atoms with E-state index in [2.05, 4.69) is 29.4 Å². The van der Waals surface area contributed by atoms with Gasteiger partial charge in [0.05, 0.1) is 19.8 Å². The first-order valence-corrected chi connectivity index (χ1v) is 8.74. The van der Waals surface area contributed by atoms with Crippen molar-refractivity contribution in [3.05, 3.63) is 41.2 Å². The van der Waals surface area contributed by atoms with Gasteiger partial charge in [-0.25, -0.2) is 0 Å². The summed E-state index contributed by atoms with van der Waals surface area (Å²) in [6, 6.07) is 7.33. The lowest BCUT2D eigenvalue weighted by Gasteiger charge is -2.16. The molecular formula is C19H27N3O3. The lowest BCUT2D eigenvalue weighted by Crippen LogP contribution is -2.27. The lowest BCUT2D eigenvalue weighted by atomic mass is 10.1. The van der Waals surface area contributed by atoms with Crippen LogP contribution in [-0.4, -0.2) is 29.8 Å². The van der Waals surface area contributed by atoms with Crippen LogP contribution in [0, 0.1) is 0 Å². The topological polar surface area (TPSA) is 76.2 Å². The van der Waals surface area contributed by atoms with Gasteiger partial charge in [-0.05, 0) is 43.5 Å². The van der Waals surface area contributed by atoms with Gasteiger partial charge in [-0.3, -0.25) is 9.89 Å². The van der Waals surface area contributed by atoms with Crippen molar-refractivity contribution in [3.8, 4) is 11.5 Å². The molecule has 2 N–H and O–H groups in total. The number of amides is 1. The molecule has 2 aromatic rings. The van der Waals surface area contributed by atoms with Gasteiger partial charge < -0.3 is 14.8 Å². The largest absolute Gasteiger partial charge is 0.493 e. The standard InChI is InChI=1S/C19H27N3O3/c1-5-7-15-12-16(22-21-15)19(23)20-13(3)14-8-9-17(25-10-6-2)18(11-14)24-4/h8-9,11-13H,5-7,10H2,1-4H3,(H,20,23)(H,21,22). The summed E-state index contributed by atoms with van der Waals surface area (Å²) in [4.78, 5) is 12.4. The highest BCUT2D eigenvalue weighted by Crippen LogP contribution is 2.30. The van der Waals surface area contributed by atoms with Crippen molar-refractivity contribution in [2.45, 2.75) is 46.1 Å². The molecule has 0 aliphatic heterocycles. The molecular weight excluding hydrogens is 318 g/mol. The number of benzene rings is 1. The summed E-state index contributed by atoms with van der Waals surface area (Å²) < 4.78 is 11.1. The summed E-state index contributed by atoms with van der Waals surface area (Å²) in [7, 11) is 1.61. The molecule has 0 saturated carbocycles. The van der Waals surface area contributed by atoms with Crippen molar-refractivity contribution in [1.29, 1.82) is 0 Å². The fraction of sp³-hybridized carbons (Fsp3) is 0.474. The van der Waals surface area contributed by atoms with Crippen LogP contribution in [-0.2, 0) is 6.42 Å². The molecule has 0 fully saturated rings. The highest BCUT2D eigenvalue weighted by atomic mass is 16.5. The molecule has 136 valence electrons. The Hall–Kier alpha value is -2.50. The third kappa shape index (κ3) is 4.98. The van der Waals surface area contributed by atoms with Gasteiger partial charge in [0.2, 0.25) is 0 Å². The Morgan fingerprint density at radius 2 is 2.04 bits per heavy atom. The zero-order valence-electron chi connectivity index (χ0n) is 15.4. The van der Waals surface area contributed by atoms with Crippen molar-refractivity contribution in [2.24, 2.45) is 0 Å². The van der Waals surface area contributed by atoms with Crippen LogP contribution in [0.4, 0.5) is 0 Å². The Bertz CT molecular complexity index is 697. The van der Waals surface area contributed by atoms with Gasteiger partial charge in [0.1, 0.15) is 5.69 Å². The second-order valence-corrected chi connectivity index (χ2v) is 5.98. The molecule has 1 unspecified atom stereocenters. The molecule has 1 atom stereocenters. The molecule has 6 nitrogen and oxygen atoms in total. The predicted octanol–water partition coefficient (Wildman–Crippen LogP) is 3.65. The van der Waals surface area contributed by atoms with Crippen LogP contribution in [0.2, 0.25) is 0 Å². The quantitative estimate of drug-likeness (QED) is 0.727. The number of aromatic amines is 1. The maximum absolute atomic E-state index is 12.4. The van der Waals surface area contributed by atoms with Crippen LogP contribution in [0.15, 0.2) is 24.3 Å². The van der Waals surface area contributed by atoms with Crippen LogP contribution >= 0.6 is 0 Å². The van der Waals surface area contributed by atoms with E-state index >= 15 is 0 Å². The zero-order valence-corrected chi connectivity index (χ0v) is 15.4. The van der Waals surface area contributed by atoms with Crippen molar-refractivity contribution in [1.82, 2.24) is 15.5 Å². The molecule has 2 rings (SSSR count). The van der Waals surface area contributed by atoms with E-state index < -0.39 is 0 Å². The Balaban J connectivity index is 2.06. The Labute approximate surface area is 148 Å². The molecule has 1 aromatic heterocycles. The third-order valence-electron chi connectivity index (χ3n) is 3.88. The van der Waals surface area contributed by atoms with E-state index in [1.807, 2.05) is 25.1 Å². The van der Waals surface area contributed by atoms with E-state index in [4.69, 9.17) is 9.47 Å². The summed E-state index contributed by atoms with van der Waals surface area (Å²) >= 11 is 0. The smallest absolute Gasteiger partial charge is 0.272 e. The second kappa shape index (κ2) is 9.11. The van der Waals surface area contributed by atoms with Crippen LogP contribution in [0.25, 0.3) is 0 Å². The fourth-order valence-electron chi connectivity index (χ4n) is 2.51. The van der Waals surface area contributed by atoms with Crippen molar-refractivity contribution >= 4 is 5.91 Å². The third-order valence-corrected chi connectivity index (χ3v) is 3.88. The summed E-state index contributed by atoms with van der Waals surface area (Å²) in [5.74, 6) is 1.18. The van der Waals surface area contributed by atoms with Crippen LogP contribution in [0.3, 0.4) is 0 Å². The number of hydrogen-bond donors (Lipinski definition) is 2. The lowest BCUT2D eigenvalue weighted by molar-refractivity contribution is 0.0934. The van der Waals surface area contributed by atoms with Crippen LogP contribution in [0.1, 0.15) is 61.4 Å². The van der Waals surface area contributed by atoms with Crippen LogP contribution < -0.4 is 14.8 Å². The average Bonchev–Trinajstić information content (AvgIpc) is 3.08. The summed E-state index contributed by atoms with van der Waals surface area (Å²) in [5, 5.41) is 9.94. The van der Waals surface area contributed by atoms with Gasteiger partial charge in [0.15, 0.2) is 11.5 Å². The molecule has 1 heterocycles. The molecule has 25 heavy (non-hydrogen) atoms. The monoisotopic (exact) mass is 345 g/mol. The van der Waals surface area contributed by atoms with Crippen molar-refractivity contribution < 1.29 is 14.3 Å². The first-order valence-electron chi connectivity index (χ1n) is 8.74. The molecule has 0 saturated heterocycles. The molecule has 0 radical (unpaired) electrons. The number of ether oxygens (including phenoxy) is 2. The number of H-pyrrole nitrogens is 1. The number of nitrogens with zero attached hydrogens (tertiary/aromatic N) is 1. The predicted molar refractivity (Wildman–Crippen MR) is 97.2 cm³/mol. The molecule has 0 aliphatic rings. The summed E-state index contributed by atoms with van der Waals surface area (Å²) in [6.07, 6.45) is 2.82. The molecule has 1 amide bonds. The van der Waals surface area contributed by atoms with E-state index in [-0.39, 0.29) is 11.9 Å². The maximum atomic E-state index is 12.4. The highest BCUT2D eigenvalue weighted by molar-refractivity contribution is 5.92. The van der Waals surface area contributed by atoms with E-state index in [9.17, 15) is 4.79 Å². The Morgan fingerprint density at radius 3 is 2.72 bits per heavy atom. The number of hydrogen-bond acceptors (Lipinski definition) is 4. The SMILES string of the molecule is CCCOc1ccc(C(C)NC(=O)c2cc(CCC)[nH]n2)cc1OC. The normalized spacial score (nSPS) is 11.8. The Kier molecular flexibility index (Phi) is 6.86. The molecule has 0 spiro atoms. The Morgan fingerprint density at radius 1 is 1.24 bits per heavy atom. The van der Waals surface area contributed by atoms with Gasteiger partial charge in [-0.2, -0.15) is 5.10 Å². The van der Waals surface area contributed by atoms with Gasteiger partial charge in [-0.1, -0.05) is 26.3 Å². The van der Waals surface area contributed by atoms with Gasteiger partial charge in [-0.15, -0.1) is 0 Å². The van der Waals surface area contributed by atoms with Gasteiger partial charge >= 0.3 is 0 Å². The summed E-state index contributed by atoms with van der Waals surface area (Å²) in [5.41, 5.74) is 2.32. The average molecular weight is 345 g/mol. The number of rotatable bonds is 9. The van der Waals surface area contributed by atoms with Crippen LogP contribution in [0.5, 0.6) is 11.5 Å². The summed E-state index contributed by atoms with van der Waals surface area (Å²) in [6.45, 7) is 6.71. The molecule has 6 heteroatoms. The van der Waals surface area contributed by atoms with Crippen molar-refractivity contribution in [3.63, 3.8) is 0 Å². The first-order chi connectivity index (χ1) is 12.1. The minimum atomic E-state index is -0.198.